The van der Waals surface area contributed by atoms with E-state index in [1.54, 1.807) is 6.20 Å². The van der Waals surface area contributed by atoms with Crippen molar-refractivity contribution in [2.45, 2.75) is 25.8 Å². The summed E-state index contributed by atoms with van der Waals surface area (Å²) in [7, 11) is 0. The van der Waals surface area contributed by atoms with Gasteiger partial charge in [0.15, 0.2) is 11.5 Å². The highest BCUT2D eigenvalue weighted by Crippen LogP contribution is 2.46. The fourth-order valence-corrected chi connectivity index (χ4v) is 4.37. The predicted molar refractivity (Wildman–Crippen MR) is 111 cm³/mol. The van der Waals surface area contributed by atoms with Crippen molar-refractivity contribution < 1.29 is 18.3 Å². The maximum absolute atomic E-state index is 15.6. The molecule has 1 atom stereocenters. The predicted octanol–water partition coefficient (Wildman–Crippen LogP) is 1.66. The zero-order valence-corrected chi connectivity index (χ0v) is 17.8. The van der Waals surface area contributed by atoms with Crippen LogP contribution in [0.15, 0.2) is 31.1 Å². The Bertz CT molecular complexity index is 1270. The zero-order valence-electron chi connectivity index (χ0n) is 17.8. The first-order valence-electron chi connectivity index (χ1n) is 10.4. The minimum Gasteiger partial charge on any atom is -0.490 e. The van der Waals surface area contributed by atoms with Gasteiger partial charge in [-0.1, -0.05) is 0 Å². The first-order chi connectivity index (χ1) is 15.8. The van der Waals surface area contributed by atoms with Gasteiger partial charge in [0.25, 0.3) is 5.92 Å². The Morgan fingerprint density at radius 3 is 2.91 bits per heavy atom. The summed E-state index contributed by atoms with van der Waals surface area (Å²) in [5.41, 5.74) is -0.758. The summed E-state index contributed by atoms with van der Waals surface area (Å²) in [6.45, 7) is 1.13. The normalized spacial score (nSPS) is 22.2. The average Bonchev–Trinajstić information content (AvgIpc) is 3.18. The van der Waals surface area contributed by atoms with Gasteiger partial charge in [-0.15, -0.1) is 0 Å². The lowest BCUT2D eigenvalue weighted by molar-refractivity contribution is -0.173. The second-order valence-electron chi connectivity index (χ2n) is 8.35. The van der Waals surface area contributed by atoms with Crippen LogP contribution in [0.4, 0.5) is 14.6 Å². The quantitative estimate of drug-likeness (QED) is 0.575. The van der Waals surface area contributed by atoms with Gasteiger partial charge in [0.1, 0.15) is 35.7 Å². The van der Waals surface area contributed by atoms with Crippen molar-refractivity contribution in [1.29, 1.82) is 5.26 Å². The van der Waals surface area contributed by atoms with E-state index >= 15 is 8.78 Å². The number of carbonyl (C=O) groups excluding carboxylic acids is 1. The van der Waals surface area contributed by atoms with Crippen molar-refractivity contribution in [2.24, 2.45) is 5.41 Å². The third kappa shape index (κ3) is 3.31. The molecule has 2 aliphatic rings. The molecule has 3 aromatic rings. The highest BCUT2D eigenvalue weighted by molar-refractivity contribution is 5.84. The largest absolute Gasteiger partial charge is 0.490 e. The van der Waals surface area contributed by atoms with Crippen molar-refractivity contribution in [3.63, 3.8) is 0 Å². The van der Waals surface area contributed by atoms with E-state index in [9.17, 15) is 10.1 Å². The van der Waals surface area contributed by atoms with Crippen LogP contribution in [0, 0.1) is 16.7 Å². The second-order valence-corrected chi connectivity index (χ2v) is 8.35. The van der Waals surface area contributed by atoms with E-state index in [0.29, 0.717) is 22.8 Å². The topological polar surface area (TPSA) is 113 Å². The highest BCUT2D eigenvalue weighted by Gasteiger charge is 2.60. The molecule has 0 aliphatic carbocycles. The third-order valence-electron chi connectivity index (χ3n) is 6.37. The molecular weight excluding hydrogens is 434 g/mol. The molecule has 33 heavy (non-hydrogen) atoms. The number of hydrogen-bond donors (Lipinski definition) is 0. The number of nitrogens with zero attached hydrogens (tertiary/aromatic N) is 8. The SMILES string of the molecule is CC1(C(=O)N2CCOc3c(C#N)cncc3C2)CCN(c2nccn3ncnc23)CC1(F)F. The van der Waals surface area contributed by atoms with Crippen molar-refractivity contribution >= 4 is 17.4 Å². The van der Waals surface area contributed by atoms with E-state index < -0.39 is 23.8 Å². The molecule has 170 valence electrons. The number of nitriles is 1. The number of ether oxygens (including phenoxy) is 1. The van der Waals surface area contributed by atoms with Crippen molar-refractivity contribution in [3.8, 4) is 11.8 Å². The van der Waals surface area contributed by atoms with Gasteiger partial charge in [-0.05, 0) is 13.3 Å². The summed E-state index contributed by atoms with van der Waals surface area (Å²) in [6.07, 6.45) is 7.21. The Balaban J connectivity index is 1.40. The summed E-state index contributed by atoms with van der Waals surface area (Å²) in [4.78, 5) is 28.6. The molecule has 1 amide bonds. The molecule has 0 aromatic carbocycles. The average molecular weight is 454 g/mol. The van der Waals surface area contributed by atoms with Crippen LogP contribution in [0.25, 0.3) is 5.65 Å². The molecule has 5 heterocycles. The molecular formula is C21H20F2N8O2. The van der Waals surface area contributed by atoms with Gasteiger partial charge in [0, 0.05) is 36.9 Å². The number of piperidine rings is 1. The number of halogens is 2. The fourth-order valence-electron chi connectivity index (χ4n) is 4.37. The van der Waals surface area contributed by atoms with Gasteiger partial charge in [-0.2, -0.15) is 10.4 Å². The zero-order chi connectivity index (χ0) is 23.2. The monoisotopic (exact) mass is 454 g/mol. The number of anilines is 1. The smallest absolute Gasteiger partial charge is 0.279 e. The summed E-state index contributed by atoms with van der Waals surface area (Å²) in [5, 5.41) is 13.3. The molecule has 12 heteroatoms. The van der Waals surface area contributed by atoms with Crippen LogP contribution in [0.1, 0.15) is 24.5 Å². The van der Waals surface area contributed by atoms with E-state index in [2.05, 4.69) is 20.1 Å². The Morgan fingerprint density at radius 2 is 2.12 bits per heavy atom. The number of amides is 1. The maximum Gasteiger partial charge on any atom is 0.279 e. The highest BCUT2D eigenvalue weighted by atomic mass is 19.3. The number of rotatable bonds is 2. The lowest BCUT2D eigenvalue weighted by atomic mass is 9.75. The summed E-state index contributed by atoms with van der Waals surface area (Å²) in [6, 6.07) is 2.01. The molecule has 0 saturated carbocycles. The first-order valence-corrected chi connectivity index (χ1v) is 10.4. The fraction of sp³-hybridized carbons (Fsp3) is 0.429. The minimum atomic E-state index is -3.33. The number of aromatic nitrogens is 5. The Morgan fingerprint density at radius 1 is 1.27 bits per heavy atom. The van der Waals surface area contributed by atoms with E-state index in [1.807, 2.05) is 6.07 Å². The molecule has 3 aromatic heterocycles. The number of fused-ring (bicyclic) bond motifs is 2. The molecule has 0 bridgehead atoms. The molecule has 5 rings (SSSR count). The first kappa shape index (κ1) is 21.0. The molecule has 1 saturated heterocycles. The van der Waals surface area contributed by atoms with Gasteiger partial charge in [0.2, 0.25) is 5.91 Å². The molecule has 0 N–H and O–H groups in total. The van der Waals surface area contributed by atoms with E-state index in [0.717, 1.165) is 0 Å². The molecule has 1 fully saturated rings. The van der Waals surface area contributed by atoms with Gasteiger partial charge >= 0.3 is 0 Å². The second kappa shape index (κ2) is 7.61. The summed E-state index contributed by atoms with van der Waals surface area (Å²) >= 11 is 0. The van der Waals surface area contributed by atoms with Crippen molar-refractivity contribution in [3.05, 3.63) is 42.2 Å². The Kier molecular flexibility index (Phi) is 4.84. The van der Waals surface area contributed by atoms with Gasteiger partial charge in [-0.3, -0.25) is 9.78 Å². The van der Waals surface area contributed by atoms with E-state index in [-0.39, 0.29) is 38.2 Å². The van der Waals surface area contributed by atoms with Gasteiger partial charge in [-0.25, -0.2) is 23.3 Å². The molecule has 0 spiro atoms. The molecule has 2 aliphatic heterocycles. The molecule has 0 radical (unpaired) electrons. The van der Waals surface area contributed by atoms with Crippen molar-refractivity contribution in [1.82, 2.24) is 29.5 Å². The van der Waals surface area contributed by atoms with E-state index in [1.165, 1.54) is 46.2 Å². The minimum absolute atomic E-state index is 0.0483. The third-order valence-corrected chi connectivity index (χ3v) is 6.37. The standard InChI is InChI=1S/C21H20F2N8O2/c1-20(19(32)29-6-7-33-16-14(8-24)9-25-10-15(16)11-29)2-4-30(12-21(20,22)23)17-18-27-13-28-31(18)5-3-26-17/h3,5,9-10,13H,2,4,6-7,11-12H2,1H3. The Labute approximate surface area is 187 Å². The van der Waals surface area contributed by atoms with Crippen LogP contribution in [0.2, 0.25) is 0 Å². The summed E-state index contributed by atoms with van der Waals surface area (Å²) < 4.78 is 38.3. The number of alkyl halides is 2. The lowest BCUT2D eigenvalue weighted by Crippen LogP contribution is -2.61. The van der Waals surface area contributed by atoms with Crippen LogP contribution in [-0.4, -0.2) is 67.5 Å². The van der Waals surface area contributed by atoms with Gasteiger partial charge in [0.05, 0.1) is 19.6 Å². The van der Waals surface area contributed by atoms with Crippen LogP contribution >= 0.6 is 0 Å². The summed E-state index contributed by atoms with van der Waals surface area (Å²) in [5.74, 6) is -3.34. The van der Waals surface area contributed by atoms with Gasteiger partial charge < -0.3 is 14.5 Å². The number of hydrogen-bond acceptors (Lipinski definition) is 8. The molecule has 1 unspecified atom stereocenters. The van der Waals surface area contributed by atoms with Crippen LogP contribution in [-0.2, 0) is 11.3 Å². The maximum atomic E-state index is 15.6. The molecule has 10 nitrogen and oxygen atoms in total. The lowest BCUT2D eigenvalue weighted by Gasteiger charge is -2.46. The number of carbonyl (C=O) groups is 1. The van der Waals surface area contributed by atoms with E-state index in [4.69, 9.17) is 4.74 Å². The van der Waals surface area contributed by atoms with Crippen LogP contribution in [0.5, 0.6) is 5.75 Å². The van der Waals surface area contributed by atoms with Crippen LogP contribution in [0.3, 0.4) is 0 Å². The van der Waals surface area contributed by atoms with Crippen molar-refractivity contribution in [2.75, 3.05) is 31.1 Å². The number of pyridine rings is 1. The van der Waals surface area contributed by atoms with Crippen LogP contribution < -0.4 is 9.64 Å². The Hall–Kier alpha value is -3.88.